The van der Waals surface area contributed by atoms with Gasteiger partial charge in [0.05, 0.1) is 22.9 Å². The number of benzene rings is 2. The van der Waals surface area contributed by atoms with Gasteiger partial charge in [0.25, 0.3) is 11.8 Å². The van der Waals surface area contributed by atoms with Gasteiger partial charge in [-0.2, -0.15) is 27.1 Å². The molecule has 0 radical (unpaired) electrons. The van der Waals surface area contributed by atoms with Gasteiger partial charge in [0, 0.05) is 30.7 Å². The fourth-order valence-electron chi connectivity index (χ4n) is 5.30. The minimum Gasteiger partial charge on any atom is -0.366 e. The van der Waals surface area contributed by atoms with E-state index in [4.69, 9.17) is 5.73 Å². The number of halogens is 8. The molecule has 240 valence electrons. The van der Waals surface area contributed by atoms with Gasteiger partial charge in [-0.15, -0.1) is 0 Å². The Bertz CT molecular complexity index is 1850. The first-order valence-electron chi connectivity index (χ1n) is 13.4. The van der Waals surface area contributed by atoms with Crippen molar-refractivity contribution in [1.82, 2.24) is 20.1 Å². The Labute approximate surface area is 254 Å². The van der Waals surface area contributed by atoms with Crippen LogP contribution < -0.4 is 11.1 Å². The minimum absolute atomic E-state index is 0.00992. The Hall–Kier alpha value is -5.15. The van der Waals surface area contributed by atoms with Crippen molar-refractivity contribution in [2.45, 2.75) is 43.9 Å². The highest BCUT2D eigenvalue weighted by molar-refractivity contribution is 6.00. The second-order valence-corrected chi connectivity index (χ2v) is 10.5. The number of aromatic nitrogens is 3. The maximum atomic E-state index is 14.9. The van der Waals surface area contributed by atoms with Crippen LogP contribution in [0.3, 0.4) is 0 Å². The lowest BCUT2D eigenvalue weighted by atomic mass is 9.91. The average Bonchev–Trinajstić information content (AvgIpc) is 3.36. The molecule has 2 amide bonds. The van der Waals surface area contributed by atoms with E-state index in [1.165, 1.54) is 24.4 Å². The summed E-state index contributed by atoms with van der Waals surface area (Å²) in [6.45, 7) is -1.21. The predicted octanol–water partition coefficient (Wildman–Crippen LogP) is 5.65. The first kappa shape index (κ1) is 32.2. The fraction of sp³-hybridized carbons (Fsp3) is 0.233. The van der Waals surface area contributed by atoms with E-state index in [1.54, 1.807) is 0 Å². The summed E-state index contributed by atoms with van der Waals surface area (Å²) in [6.07, 6.45) is -6.36. The number of carbonyl (C=O) groups excluding carboxylic acids is 3. The number of carbonyl (C=O) groups is 3. The zero-order valence-corrected chi connectivity index (χ0v) is 23.3. The molecule has 1 aliphatic carbocycles. The molecule has 1 atom stereocenters. The topological polar surface area (TPSA) is 120 Å². The smallest absolute Gasteiger partial charge is 0.366 e. The van der Waals surface area contributed by atoms with Crippen molar-refractivity contribution in [3.63, 3.8) is 0 Å². The van der Waals surface area contributed by atoms with Crippen molar-refractivity contribution in [3.8, 4) is 11.1 Å². The van der Waals surface area contributed by atoms with Crippen LogP contribution >= 0.6 is 0 Å². The molecule has 46 heavy (non-hydrogen) atoms. The fourth-order valence-corrected chi connectivity index (χ4v) is 5.30. The molecule has 4 aromatic rings. The zero-order chi connectivity index (χ0) is 33.6. The summed E-state index contributed by atoms with van der Waals surface area (Å²) >= 11 is 0. The summed E-state index contributed by atoms with van der Waals surface area (Å²) in [5, 5.41) is 5.61. The molecule has 1 aliphatic rings. The third-order valence-electron chi connectivity index (χ3n) is 7.21. The Morgan fingerprint density at radius 2 is 1.74 bits per heavy atom. The van der Waals surface area contributed by atoms with E-state index in [2.05, 4.69) is 15.4 Å². The molecule has 2 heterocycles. The number of amides is 2. The van der Waals surface area contributed by atoms with E-state index >= 15 is 0 Å². The van der Waals surface area contributed by atoms with E-state index in [0.717, 1.165) is 24.3 Å². The molecule has 0 fully saturated rings. The normalized spacial score (nSPS) is 14.9. The van der Waals surface area contributed by atoms with Crippen LogP contribution in [0.2, 0.25) is 0 Å². The Morgan fingerprint density at radius 3 is 2.39 bits per heavy atom. The molecule has 8 nitrogen and oxygen atoms in total. The van der Waals surface area contributed by atoms with E-state index in [9.17, 15) is 49.5 Å². The number of hydrogen-bond donors (Lipinski definition) is 2. The molecule has 0 unspecified atom stereocenters. The predicted molar refractivity (Wildman–Crippen MR) is 144 cm³/mol. The van der Waals surface area contributed by atoms with E-state index in [-0.39, 0.29) is 33.5 Å². The summed E-state index contributed by atoms with van der Waals surface area (Å²) in [5.41, 5.74) is 0.562. The molecule has 3 N–H and O–H groups in total. The number of alkyl halides is 5. The first-order valence-corrected chi connectivity index (χ1v) is 13.4. The van der Waals surface area contributed by atoms with Gasteiger partial charge in [0.1, 0.15) is 29.7 Å². The molecule has 0 saturated carbocycles. The van der Waals surface area contributed by atoms with Gasteiger partial charge in [-0.05, 0) is 47.9 Å². The van der Waals surface area contributed by atoms with Gasteiger partial charge in [-0.25, -0.2) is 13.2 Å². The van der Waals surface area contributed by atoms with Crippen molar-refractivity contribution in [2.24, 2.45) is 5.73 Å². The van der Waals surface area contributed by atoms with Crippen molar-refractivity contribution in [3.05, 3.63) is 106 Å². The standard InChI is InChI=1S/C30H21F8N5O3/c31-16-8-14(9-17(32)12-16)10-21(25-18(2-1-7-40-25)15-3-4-20(33)19(11-15)28(39)46)41-23(45)13-43-27-24(26(42-43)30(36,37)38)22(44)5-6-29(27,34)35/h1-4,7-9,11-12,21H,5-6,10,13H2,(H2,39,46)(H,41,45)/t21-/m0/s1. The van der Waals surface area contributed by atoms with Crippen LogP contribution in [0.15, 0.2) is 54.7 Å². The van der Waals surface area contributed by atoms with Crippen LogP contribution in [-0.4, -0.2) is 32.4 Å². The lowest BCUT2D eigenvalue weighted by molar-refractivity contribution is -0.142. The van der Waals surface area contributed by atoms with E-state index in [0.29, 0.717) is 6.07 Å². The van der Waals surface area contributed by atoms with Crippen molar-refractivity contribution < 1.29 is 49.5 Å². The molecule has 2 aromatic heterocycles. The molecular formula is C30H21F8N5O3. The van der Waals surface area contributed by atoms with Crippen molar-refractivity contribution in [1.29, 1.82) is 0 Å². The number of pyridine rings is 1. The average molecular weight is 652 g/mol. The second kappa shape index (κ2) is 12.0. The van der Waals surface area contributed by atoms with Crippen LogP contribution in [0.1, 0.15) is 62.2 Å². The monoisotopic (exact) mass is 651 g/mol. The third kappa shape index (κ3) is 6.46. The van der Waals surface area contributed by atoms with Crippen molar-refractivity contribution >= 4 is 17.6 Å². The lowest BCUT2D eigenvalue weighted by Gasteiger charge is -2.24. The molecule has 0 spiro atoms. The highest BCUT2D eigenvalue weighted by atomic mass is 19.4. The van der Waals surface area contributed by atoms with Crippen LogP contribution in [0.5, 0.6) is 0 Å². The molecule has 2 aromatic carbocycles. The highest BCUT2D eigenvalue weighted by Gasteiger charge is 2.51. The molecule has 5 rings (SSSR count). The second-order valence-electron chi connectivity index (χ2n) is 10.5. The van der Waals surface area contributed by atoms with Gasteiger partial charge < -0.3 is 11.1 Å². The summed E-state index contributed by atoms with van der Waals surface area (Å²) in [6, 6.07) is 7.36. The lowest BCUT2D eigenvalue weighted by Crippen LogP contribution is -2.36. The highest BCUT2D eigenvalue weighted by Crippen LogP contribution is 2.44. The molecule has 0 aliphatic heterocycles. The number of ketones is 1. The first-order chi connectivity index (χ1) is 21.5. The number of rotatable bonds is 8. The largest absolute Gasteiger partial charge is 0.435 e. The number of primary amides is 1. The minimum atomic E-state index is -5.29. The molecule has 0 saturated heterocycles. The number of nitrogens with zero attached hydrogens (tertiary/aromatic N) is 3. The van der Waals surface area contributed by atoms with Gasteiger partial charge in [-0.1, -0.05) is 12.1 Å². The Balaban J connectivity index is 1.57. The maximum Gasteiger partial charge on any atom is 0.435 e. The summed E-state index contributed by atoms with van der Waals surface area (Å²) < 4.78 is 113. The van der Waals surface area contributed by atoms with E-state index < -0.39 is 95.1 Å². The molecular weight excluding hydrogens is 630 g/mol. The number of hydrogen-bond acceptors (Lipinski definition) is 5. The molecule has 0 bridgehead atoms. The van der Waals surface area contributed by atoms with Gasteiger partial charge in [0.15, 0.2) is 11.5 Å². The van der Waals surface area contributed by atoms with E-state index in [1.807, 2.05) is 0 Å². The van der Waals surface area contributed by atoms with Crippen LogP contribution in [0.25, 0.3) is 11.1 Å². The van der Waals surface area contributed by atoms with Crippen LogP contribution in [-0.2, 0) is 29.9 Å². The number of nitrogens with two attached hydrogens (primary N) is 1. The number of Topliss-reactive ketones (excluding diaryl/α,β-unsaturated/α-hetero) is 1. The van der Waals surface area contributed by atoms with Crippen LogP contribution in [0, 0.1) is 17.5 Å². The quantitative estimate of drug-likeness (QED) is 0.239. The van der Waals surface area contributed by atoms with Gasteiger partial charge in [0.2, 0.25) is 5.91 Å². The van der Waals surface area contributed by atoms with Crippen LogP contribution in [0.4, 0.5) is 35.1 Å². The Morgan fingerprint density at radius 1 is 1.04 bits per heavy atom. The summed E-state index contributed by atoms with van der Waals surface area (Å²) in [5.74, 6) is -10.3. The van der Waals surface area contributed by atoms with Crippen molar-refractivity contribution in [2.75, 3.05) is 0 Å². The summed E-state index contributed by atoms with van der Waals surface area (Å²) in [4.78, 5) is 41.6. The summed E-state index contributed by atoms with van der Waals surface area (Å²) in [7, 11) is 0. The number of nitrogens with one attached hydrogen (secondary N) is 1. The SMILES string of the molecule is NC(=O)c1cc(-c2cccnc2[C@H](Cc2cc(F)cc(F)c2)NC(=O)Cn2nc(C(F)(F)F)c3c2C(F)(F)CCC3=O)ccc1F. The molecule has 16 heteroatoms. The third-order valence-corrected chi connectivity index (χ3v) is 7.21. The zero-order valence-electron chi connectivity index (χ0n) is 23.3. The number of fused-ring (bicyclic) bond motifs is 1. The van der Waals surface area contributed by atoms with Gasteiger partial charge in [-0.3, -0.25) is 24.0 Å². The van der Waals surface area contributed by atoms with Gasteiger partial charge >= 0.3 is 6.18 Å². The Kier molecular flexibility index (Phi) is 8.40. The maximum absolute atomic E-state index is 14.9.